The summed E-state index contributed by atoms with van der Waals surface area (Å²) < 4.78 is 0. The molecule has 0 saturated carbocycles. The first kappa shape index (κ1) is 18.8. The van der Waals surface area contributed by atoms with E-state index in [2.05, 4.69) is 38.3 Å². The number of hydrogen-bond acceptors (Lipinski definition) is 0. The van der Waals surface area contributed by atoms with Crippen molar-refractivity contribution in [2.24, 2.45) is 0 Å². The molecule has 0 saturated heterocycles. The molecule has 18 heavy (non-hydrogen) atoms. The van der Waals surface area contributed by atoms with Crippen molar-refractivity contribution in [3.63, 3.8) is 0 Å². The Morgan fingerprint density at radius 2 is 1.61 bits per heavy atom. The first-order valence-corrected chi connectivity index (χ1v) is 6.74. The summed E-state index contributed by atoms with van der Waals surface area (Å²) in [5, 5.41) is 2.19. The minimum atomic E-state index is 1.05. The van der Waals surface area contributed by atoms with E-state index in [1.807, 2.05) is 46.8 Å². The molecule has 0 fully saturated rings. The summed E-state index contributed by atoms with van der Waals surface area (Å²) in [6.07, 6.45) is 7.91. The van der Waals surface area contributed by atoms with Crippen molar-refractivity contribution in [2.45, 2.75) is 41.5 Å². The van der Waals surface area contributed by atoms with Gasteiger partial charge in [0.25, 0.3) is 0 Å². The molecule has 0 atom stereocenters. The Hall–Kier alpha value is -1.56. The lowest BCUT2D eigenvalue weighted by molar-refractivity contribution is 1.38. The fourth-order valence-corrected chi connectivity index (χ4v) is 1.44. The average Bonchev–Trinajstić information content (AvgIpc) is 2.41. The largest absolute Gasteiger partial charge is 0.0990 e. The smallest absolute Gasteiger partial charge is 0.0187 e. The van der Waals surface area contributed by atoms with E-state index in [0.29, 0.717) is 0 Å². The lowest BCUT2D eigenvalue weighted by Crippen LogP contribution is -2.23. The van der Waals surface area contributed by atoms with Gasteiger partial charge in [-0.15, -0.1) is 0 Å². The molecule has 0 spiro atoms. The quantitative estimate of drug-likeness (QED) is 0.720. The number of aryl methyl sites for hydroxylation is 1. The zero-order chi connectivity index (χ0) is 14.6. The van der Waals surface area contributed by atoms with Gasteiger partial charge in [-0.05, 0) is 41.5 Å². The van der Waals surface area contributed by atoms with Gasteiger partial charge in [0, 0.05) is 0 Å². The predicted octanol–water partition coefficient (Wildman–Crippen LogP) is 4.46. The van der Waals surface area contributed by atoms with Crippen molar-refractivity contribution in [3.05, 3.63) is 52.4 Å². The zero-order valence-electron chi connectivity index (χ0n) is 12.9. The minimum absolute atomic E-state index is 1.05. The van der Waals surface area contributed by atoms with Crippen molar-refractivity contribution in [2.75, 3.05) is 0 Å². The van der Waals surface area contributed by atoms with Gasteiger partial charge in [-0.25, -0.2) is 0 Å². The molecule has 1 aromatic rings. The molecule has 0 radical (unpaired) electrons. The molecule has 0 aliphatic carbocycles. The third-order valence-corrected chi connectivity index (χ3v) is 2.17. The SMILES string of the molecule is C=C/C=c1/cc(C)c(/C=C\C)cc1=C.CC.CC. The van der Waals surface area contributed by atoms with Crippen LogP contribution in [0.2, 0.25) is 0 Å². The van der Waals surface area contributed by atoms with Crippen LogP contribution in [-0.4, -0.2) is 0 Å². The van der Waals surface area contributed by atoms with E-state index in [4.69, 9.17) is 0 Å². The van der Waals surface area contributed by atoms with Crippen molar-refractivity contribution in [3.8, 4) is 0 Å². The Bertz CT molecular complexity index is 462. The van der Waals surface area contributed by atoms with Gasteiger partial charge in [0.05, 0.1) is 0 Å². The van der Waals surface area contributed by atoms with Crippen molar-refractivity contribution in [1.29, 1.82) is 0 Å². The van der Waals surface area contributed by atoms with Gasteiger partial charge in [-0.1, -0.05) is 71.2 Å². The van der Waals surface area contributed by atoms with Gasteiger partial charge in [-0.2, -0.15) is 0 Å². The van der Waals surface area contributed by atoms with Crippen LogP contribution >= 0.6 is 0 Å². The maximum Gasteiger partial charge on any atom is -0.0187 e. The molecule has 0 heteroatoms. The molecule has 1 rings (SSSR count). The Morgan fingerprint density at radius 3 is 2.06 bits per heavy atom. The first-order chi connectivity index (χ1) is 8.69. The van der Waals surface area contributed by atoms with Crippen molar-refractivity contribution in [1.82, 2.24) is 0 Å². The molecule has 0 nitrogen and oxygen atoms in total. The van der Waals surface area contributed by atoms with Crippen LogP contribution in [0.4, 0.5) is 0 Å². The van der Waals surface area contributed by atoms with Crippen LogP contribution in [0.5, 0.6) is 0 Å². The van der Waals surface area contributed by atoms with E-state index < -0.39 is 0 Å². The highest BCUT2D eigenvalue weighted by molar-refractivity contribution is 5.54. The maximum atomic E-state index is 4.01. The van der Waals surface area contributed by atoms with Gasteiger partial charge in [-0.3, -0.25) is 0 Å². The minimum Gasteiger partial charge on any atom is -0.0990 e. The summed E-state index contributed by atoms with van der Waals surface area (Å²) in [6.45, 7) is 19.8. The second-order valence-corrected chi connectivity index (χ2v) is 3.31. The second-order valence-electron chi connectivity index (χ2n) is 3.31. The maximum absolute atomic E-state index is 4.01. The topological polar surface area (TPSA) is 0 Å². The fourth-order valence-electron chi connectivity index (χ4n) is 1.44. The summed E-state index contributed by atoms with van der Waals surface area (Å²) in [7, 11) is 0. The Morgan fingerprint density at radius 1 is 1.06 bits per heavy atom. The lowest BCUT2D eigenvalue weighted by Gasteiger charge is -2.00. The average molecular weight is 244 g/mol. The molecule has 0 bridgehead atoms. The molecule has 100 valence electrons. The molecule has 1 aromatic carbocycles. The highest BCUT2D eigenvalue weighted by Gasteiger charge is 1.93. The van der Waals surface area contributed by atoms with Gasteiger partial charge < -0.3 is 0 Å². The molecule has 0 heterocycles. The molecular formula is C18H28. The van der Waals surface area contributed by atoms with Crippen LogP contribution in [0.3, 0.4) is 0 Å². The van der Waals surface area contributed by atoms with Crippen LogP contribution in [0.15, 0.2) is 30.9 Å². The van der Waals surface area contributed by atoms with E-state index in [1.165, 1.54) is 11.1 Å². The zero-order valence-corrected chi connectivity index (χ0v) is 12.9. The summed E-state index contributed by atoms with van der Waals surface area (Å²) in [5.41, 5.74) is 2.50. The summed E-state index contributed by atoms with van der Waals surface area (Å²) in [6, 6.07) is 4.24. The number of rotatable bonds is 2. The molecule has 0 aliphatic rings. The first-order valence-electron chi connectivity index (χ1n) is 6.74. The highest BCUT2D eigenvalue weighted by atomic mass is 14.0. The van der Waals surface area contributed by atoms with E-state index in [1.54, 1.807) is 6.08 Å². The third kappa shape index (κ3) is 6.24. The summed E-state index contributed by atoms with van der Waals surface area (Å²) in [4.78, 5) is 0. The van der Waals surface area contributed by atoms with E-state index >= 15 is 0 Å². The Kier molecular flexibility index (Phi) is 12.4. The van der Waals surface area contributed by atoms with Crippen LogP contribution in [0.1, 0.15) is 45.7 Å². The van der Waals surface area contributed by atoms with Crippen LogP contribution in [0, 0.1) is 6.92 Å². The van der Waals surface area contributed by atoms with Crippen molar-refractivity contribution >= 4 is 18.7 Å². The second kappa shape index (κ2) is 11.9. The molecular weight excluding hydrogens is 216 g/mol. The van der Waals surface area contributed by atoms with Crippen LogP contribution in [0.25, 0.3) is 18.7 Å². The van der Waals surface area contributed by atoms with Crippen molar-refractivity contribution < 1.29 is 0 Å². The van der Waals surface area contributed by atoms with E-state index in [-0.39, 0.29) is 0 Å². The van der Waals surface area contributed by atoms with Crippen LogP contribution < -0.4 is 10.4 Å². The number of allylic oxidation sites excluding steroid dienone is 2. The molecule has 0 amide bonds. The van der Waals surface area contributed by atoms with Crippen LogP contribution in [-0.2, 0) is 0 Å². The van der Waals surface area contributed by atoms with E-state index in [0.717, 1.165) is 10.4 Å². The molecule has 0 N–H and O–H groups in total. The summed E-state index contributed by atoms with van der Waals surface area (Å²) in [5.74, 6) is 0. The van der Waals surface area contributed by atoms with E-state index in [9.17, 15) is 0 Å². The van der Waals surface area contributed by atoms with Gasteiger partial charge >= 0.3 is 0 Å². The molecule has 0 unspecified atom stereocenters. The third-order valence-electron chi connectivity index (χ3n) is 2.17. The highest BCUT2D eigenvalue weighted by Crippen LogP contribution is 2.03. The fraction of sp³-hybridized carbons (Fsp3) is 0.333. The monoisotopic (exact) mass is 244 g/mol. The lowest BCUT2D eigenvalue weighted by atomic mass is 10.1. The van der Waals surface area contributed by atoms with Gasteiger partial charge in [0.2, 0.25) is 0 Å². The normalized spacial score (nSPS) is 10.2. The predicted molar refractivity (Wildman–Crippen MR) is 88.0 cm³/mol. The molecule has 0 aliphatic heterocycles. The molecule has 0 aromatic heterocycles. The van der Waals surface area contributed by atoms with Gasteiger partial charge in [0.1, 0.15) is 0 Å². The Balaban J connectivity index is 0. The van der Waals surface area contributed by atoms with Gasteiger partial charge in [0.15, 0.2) is 0 Å². The standard InChI is InChI=1S/C14H16.2C2H6/c1-5-7-13-9-12(4)14(8-6-2)10-11(13)3;2*1-2/h5-10H,1,3H2,2,4H3;2*1-2H3/b8-6-,13-7-;;. The summed E-state index contributed by atoms with van der Waals surface area (Å²) >= 11 is 0. The number of benzene rings is 1. The Labute approximate surface area is 113 Å². The number of hydrogen-bond donors (Lipinski definition) is 0.